The third-order valence-corrected chi connectivity index (χ3v) is 6.49. The van der Waals surface area contributed by atoms with Gasteiger partial charge in [0.15, 0.2) is 0 Å². The predicted octanol–water partition coefficient (Wildman–Crippen LogP) is 2.94. The SMILES string of the molecule is Cc1ccc(S(=O)(=O)NC(=O)N2CCc3c(c4ccccc4n3C)C2)cc1. The number of aryl methyl sites for hydroxylation is 2. The summed E-state index contributed by atoms with van der Waals surface area (Å²) in [5.74, 6) is 0. The summed E-state index contributed by atoms with van der Waals surface area (Å²) in [6.45, 7) is 2.75. The van der Waals surface area contributed by atoms with Crippen LogP contribution in [0.4, 0.5) is 4.79 Å². The summed E-state index contributed by atoms with van der Waals surface area (Å²) in [5.41, 5.74) is 4.36. The normalized spacial score (nSPS) is 14.2. The summed E-state index contributed by atoms with van der Waals surface area (Å²) in [6.07, 6.45) is 0.693. The van der Waals surface area contributed by atoms with Crippen LogP contribution in [0.25, 0.3) is 10.9 Å². The molecule has 0 atom stereocenters. The predicted molar refractivity (Wildman–Crippen MR) is 104 cm³/mol. The first-order valence-corrected chi connectivity index (χ1v) is 10.3. The molecule has 3 aromatic rings. The third-order valence-electron chi connectivity index (χ3n) is 5.15. The minimum atomic E-state index is -3.89. The maximum atomic E-state index is 12.6. The lowest BCUT2D eigenvalue weighted by molar-refractivity contribution is 0.198. The molecule has 0 saturated carbocycles. The van der Waals surface area contributed by atoms with Crippen LogP contribution >= 0.6 is 0 Å². The number of benzene rings is 2. The van der Waals surface area contributed by atoms with E-state index in [-0.39, 0.29) is 4.90 Å². The largest absolute Gasteiger partial charge is 0.347 e. The molecule has 2 aromatic carbocycles. The van der Waals surface area contributed by atoms with Gasteiger partial charge in [-0.3, -0.25) is 0 Å². The van der Waals surface area contributed by atoms with E-state index in [2.05, 4.69) is 15.4 Å². The standard InChI is InChI=1S/C20H21N3O3S/c1-14-7-9-15(10-8-14)27(25,26)21-20(24)23-12-11-19-17(13-23)16-5-3-4-6-18(16)22(19)2/h3-10H,11-13H2,1-2H3,(H,21,24). The zero-order valence-electron chi connectivity index (χ0n) is 15.3. The van der Waals surface area contributed by atoms with Gasteiger partial charge >= 0.3 is 6.03 Å². The molecule has 1 aromatic heterocycles. The second kappa shape index (κ2) is 6.42. The van der Waals surface area contributed by atoms with Gasteiger partial charge < -0.3 is 9.47 Å². The molecule has 6 nitrogen and oxygen atoms in total. The Bertz CT molecular complexity index is 1130. The van der Waals surface area contributed by atoms with Crippen LogP contribution < -0.4 is 4.72 Å². The van der Waals surface area contributed by atoms with Crippen molar-refractivity contribution < 1.29 is 13.2 Å². The number of rotatable bonds is 2. The minimum Gasteiger partial charge on any atom is -0.347 e. The maximum Gasteiger partial charge on any atom is 0.331 e. The summed E-state index contributed by atoms with van der Waals surface area (Å²) in [4.78, 5) is 14.3. The lowest BCUT2D eigenvalue weighted by Crippen LogP contribution is -2.45. The number of hydrogen-bond acceptors (Lipinski definition) is 3. The van der Waals surface area contributed by atoms with E-state index < -0.39 is 16.1 Å². The molecule has 0 saturated heterocycles. The maximum absolute atomic E-state index is 12.6. The van der Waals surface area contributed by atoms with E-state index in [0.29, 0.717) is 19.5 Å². The van der Waals surface area contributed by atoms with Crippen molar-refractivity contribution in [2.24, 2.45) is 7.05 Å². The quantitative estimate of drug-likeness (QED) is 0.740. The molecule has 0 unspecified atom stereocenters. The summed E-state index contributed by atoms with van der Waals surface area (Å²) < 4.78 is 29.3. The first kappa shape index (κ1) is 17.6. The van der Waals surface area contributed by atoms with Crippen molar-refractivity contribution in [1.29, 1.82) is 0 Å². The van der Waals surface area contributed by atoms with Crippen molar-refractivity contribution in [2.75, 3.05) is 6.54 Å². The highest BCUT2D eigenvalue weighted by atomic mass is 32.2. The van der Waals surface area contributed by atoms with Crippen LogP contribution in [-0.2, 0) is 30.0 Å². The fourth-order valence-corrected chi connectivity index (χ4v) is 4.63. The van der Waals surface area contributed by atoms with Gasteiger partial charge in [-0.05, 0) is 25.1 Å². The number of nitrogens with one attached hydrogen (secondary N) is 1. The first-order chi connectivity index (χ1) is 12.9. The van der Waals surface area contributed by atoms with Crippen LogP contribution in [0.5, 0.6) is 0 Å². The Morgan fingerprint density at radius 1 is 1.07 bits per heavy atom. The number of nitrogens with zero attached hydrogens (tertiary/aromatic N) is 2. The molecule has 7 heteroatoms. The van der Waals surface area contributed by atoms with Crippen molar-refractivity contribution in [3.63, 3.8) is 0 Å². The van der Waals surface area contributed by atoms with Crippen LogP contribution in [-0.4, -0.2) is 30.5 Å². The molecule has 0 aliphatic carbocycles. The van der Waals surface area contributed by atoms with Crippen LogP contribution in [0.1, 0.15) is 16.8 Å². The van der Waals surface area contributed by atoms with Gasteiger partial charge in [0.05, 0.1) is 4.90 Å². The lowest BCUT2D eigenvalue weighted by Gasteiger charge is -2.28. The number of carbonyl (C=O) groups is 1. The number of fused-ring (bicyclic) bond motifs is 3. The number of aromatic nitrogens is 1. The van der Waals surface area contributed by atoms with Crippen molar-refractivity contribution in [1.82, 2.24) is 14.2 Å². The summed E-state index contributed by atoms with van der Waals surface area (Å²) in [5, 5.41) is 1.11. The number of sulfonamides is 1. The zero-order valence-corrected chi connectivity index (χ0v) is 16.1. The van der Waals surface area contributed by atoms with Crippen LogP contribution in [0, 0.1) is 6.92 Å². The molecule has 140 valence electrons. The third kappa shape index (κ3) is 3.08. The molecular formula is C20H21N3O3S. The fourth-order valence-electron chi connectivity index (χ4n) is 3.66. The van der Waals surface area contributed by atoms with E-state index in [1.54, 1.807) is 17.0 Å². The van der Waals surface area contributed by atoms with Crippen LogP contribution in [0.15, 0.2) is 53.4 Å². The lowest BCUT2D eigenvalue weighted by atomic mass is 10.0. The van der Waals surface area contributed by atoms with E-state index in [1.807, 2.05) is 32.2 Å². The summed E-state index contributed by atoms with van der Waals surface area (Å²) >= 11 is 0. The molecule has 0 fully saturated rings. The summed E-state index contributed by atoms with van der Waals surface area (Å²) in [7, 11) is -1.86. The molecule has 0 bridgehead atoms. The van der Waals surface area contributed by atoms with Crippen molar-refractivity contribution in [3.8, 4) is 0 Å². The summed E-state index contributed by atoms with van der Waals surface area (Å²) in [6, 6.07) is 13.9. The number of carbonyl (C=O) groups excluding carboxylic acids is 1. The Balaban J connectivity index is 1.58. The van der Waals surface area contributed by atoms with E-state index in [1.165, 1.54) is 17.8 Å². The highest BCUT2D eigenvalue weighted by Crippen LogP contribution is 2.30. The van der Waals surface area contributed by atoms with E-state index in [0.717, 1.165) is 22.0 Å². The molecular weight excluding hydrogens is 362 g/mol. The molecule has 27 heavy (non-hydrogen) atoms. The second-order valence-corrected chi connectivity index (χ2v) is 8.58. The number of amides is 2. The molecule has 1 aliphatic rings. The molecule has 0 spiro atoms. The monoisotopic (exact) mass is 383 g/mol. The van der Waals surface area contributed by atoms with E-state index in [4.69, 9.17) is 0 Å². The van der Waals surface area contributed by atoms with Crippen molar-refractivity contribution in [2.45, 2.75) is 24.8 Å². The van der Waals surface area contributed by atoms with Gasteiger partial charge in [-0.1, -0.05) is 35.9 Å². The van der Waals surface area contributed by atoms with Crippen molar-refractivity contribution >= 4 is 27.0 Å². The first-order valence-electron chi connectivity index (χ1n) is 8.80. The van der Waals surface area contributed by atoms with Gasteiger partial charge in [0.1, 0.15) is 0 Å². The van der Waals surface area contributed by atoms with Crippen LogP contribution in [0.2, 0.25) is 0 Å². The molecule has 1 aliphatic heterocycles. The zero-order chi connectivity index (χ0) is 19.2. The van der Waals surface area contributed by atoms with Crippen LogP contribution in [0.3, 0.4) is 0 Å². The Morgan fingerprint density at radius 3 is 2.52 bits per heavy atom. The number of para-hydroxylation sites is 1. The Hall–Kier alpha value is -2.80. The van der Waals surface area contributed by atoms with Gasteiger partial charge in [0, 0.05) is 48.7 Å². The Kier molecular flexibility index (Phi) is 4.19. The van der Waals surface area contributed by atoms with E-state index >= 15 is 0 Å². The molecule has 2 heterocycles. The average molecular weight is 383 g/mol. The van der Waals surface area contributed by atoms with Gasteiger partial charge in [-0.25, -0.2) is 17.9 Å². The van der Waals surface area contributed by atoms with Gasteiger partial charge in [-0.2, -0.15) is 0 Å². The minimum absolute atomic E-state index is 0.0873. The average Bonchev–Trinajstić information content (AvgIpc) is 2.94. The highest BCUT2D eigenvalue weighted by Gasteiger charge is 2.28. The second-order valence-electron chi connectivity index (χ2n) is 6.90. The van der Waals surface area contributed by atoms with E-state index in [9.17, 15) is 13.2 Å². The molecule has 2 amide bonds. The number of urea groups is 1. The Morgan fingerprint density at radius 2 is 1.78 bits per heavy atom. The molecule has 1 N–H and O–H groups in total. The molecule has 0 radical (unpaired) electrons. The highest BCUT2D eigenvalue weighted by molar-refractivity contribution is 7.90. The van der Waals surface area contributed by atoms with Gasteiger partial charge in [-0.15, -0.1) is 0 Å². The number of hydrogen-bond donors (Lipinski definition) is 1. The molecule has 4 rings (SSSR count). The topological polar surface area (TPSA) is 71.4 Å². The smallest absolute Gasteiger partial charge is 0.331 e. The van der Waals surface area contributed by atoms with Crippen molar-refractivity contribution in [3.05, 3.63) is 65.4 Å². The van der Waals surface area contributed by atoms with Gasteiger partial charge in [0.25, 0.3) is 10.0 Å². The fraction of sp³-hybridized carbons (Fsp3) is 0.250. The Labute approximate surface area is 158 Å². The van der Waals surface area contributed by atoms with Gasteiger partial charge in [0.2, 0.25) is 0 Å².